The first-order valence-corrected chi connectivity index (χ1v) is 7.28. The molecule has 1 fully saturated rings. The molecule has 0 amide bonds. The van der Waals surface area contributed by atoms with Crippen molar-refractivity contribution in [3.05, 3.63) is 23.8 Å². The number of rotatable bonds is 6. The molecule has 1 aliphatic heterocycles. The van der Waals surface area contributed by atoms with Crippen LogP contribution in [0.15, 0.2) is 18.2 Å². The molecule has 1 unspecified atom stereocenters. The maximum Gasteiger partial charge on any atom is 0.125 e. The van der Waals surface area contributed by atoms with Crippen molar-refractivity contribution in [1.29, 1.82) is 0 Å². The first-order valence-electron chi connectivity index (χ1n) is 7.28. The van der Waals surface area contributed by atoms with Gasteiger partial charge in [-0.15, -0.1) is 0 Å². The molecular formula is C16H24O5. The largest absolute Gasteiger partial charge is 0.497 e. The molecule has 0 spiro atoms. The van der Waals surface area contributed by atoms with Crippen LogP contribution in [0, 0.1) is 0 Å². The van der Waals surface area contributed by atoms with E-state index in [0.29, 0.717) is 49.7 Å². The summed E-state index contributed by atoms with van der Waals surface area (Å²) in [5.74, 6) is 1.32. The summed E-state index contributed by atoms with van der Waals surface area (Å²) in [6, 6.07) is 5.42. The average Bonchev–Trinajstić information content (AvgIpc) is 2.54. The van der Waals surface area contributed by atoms with Crippen LogP contribution in [0.2, 0.25) is 0 Å². The Balaban J connectivity index is 2.37. The molecule has 1 aliphatic rings. The molecule has 5 nitrogen and oxygen atoms in total. The third-order valence-corrected chi connectivity index (χ3v) is 4.00. The number of aliphatic hydroxyl groups excluding tert-OH is 1. The summed E-state index contributed by atoms with van der Waals surface area (Å²) < 4.78 is 22.0. The van der Waals surface area contributed by atoms with Gasteiger partial charge in [-0.25, -0.2) is 0 Å². The van der Waals surface area contributed by atoms with Gasteiger partial charge in [0.05, 0.1) is 14.2 Å². The van der Waals surface area contributed by atoms with Crippen molar-refractivity contribution in [1.82, 2.24) is 0 Å². The van der Waals surface area contributed by atoms with E-state index in [1.165, 1.54) is 0 Å². The van der Waals surface area contributed by atoms with Crippen LogP contribution < -0.4 is 9.47 Å². The lowest BCUT2D eigenvalue weighted by atomic mass is 9.83. The van der Waals surface area contributed by atoms with E-state index in [1.54, 1.807) is 26.4 Å². The van der Waals surface area contributed by atoms with E-state index >= 15 is 0 Å². The molecule has 0 saturated carbocycles. The molecule has 5 heteroatoms. The average molecular weight is 296 g/mol. The van der Waals surface area contributed by atoms with Crippen molar-refractivity contribution in [2.75, 3.05) is 34.0 Å². The minimum Gasteiger partial charge on any atom is -0.497 e. The second-order valence-electron chi connectivity index (χ2n) is 5.12. The molecule has 21 heavy (non-hydrogen) atoms. The third kappa shape index (κ3) is 3.31. The van der Waals surface area contributed by atoms with E-state index in [-0.39, 0.29) is 0 Å². The minimum absolute atomic E-state index is 0.545. The second kappa shape index (κ2) is 7.11. The minimum atomic E-state index is -0.786. The lowest BCUT2D eigenvalue weighted by molar-refractivity contribution is -0.168. The molecule has 1 heterocycles. The van der Waals surface area contributed by atoms with Gasteiger partial charge in [-0.1, -0.05) is 0 Å². The van der Waals surface area contributed by atoms with Crippen LogP contribution in [0.4, 0.5) is 0 Å². The first-order chi connectivity index (χ1) is 10.2. The number of ether oxygens (including phenoxy) is 4. The molecule has 1 N–H and O–H groups in total. The highest BCUT2D eigenvalue weighted by Gasteiger charge is 2.42. The molecule has 0 aliphatic carbocycles. The van der Waals surface area contributed by atoms with Gasteiger partial charge < -0.3 is 24.1 Å². The molecule has 118 valence electrons. The van der Waals surface area contributed by atoms with Gasteiger partial charge in [0.15, 0.2) is 0 Å². The Kier molecular flexibility index (Phi) is 5.45. The van der Waals surface area contributed by atoms with Gasteiger partial charge in [0.25, 0.3) is 0 Å². The monoisotopic (exact) mass is 296 g/mol. The Hall–Kier alpha value is -1.30. The number of aliphatic hydroxyl groups is 1. The normalized spacial score (nSPS) is 19.0. The second-order valence-corrected chi connectivity index (χ2v) is 5.12. The smallest absolute Gasteiger partial charge is 0.125 e. The van der Waals surface area contributed by atoms with E-state index in [0.717, 1.165) is 0 Å². The van der Waals surface area contributed by atoms with Gasteiger partial charge in [-0.3, -0.25) is 0 Å². The summed E-state index contributed by atoms with van der Waals surface area (Å²) in [4.78, 5) is 0. The molecular weight excluding hydrogens is 272 g/mol. The zero-order valence-corrected chi connectivity index (χ0v) is 12.9. The Labute approximate surface area is 125 Å². The zero-order valence-electron chi connectivity index (χ0n) is 12.9. The quantitative estimate of drug-likeness (QED) is 0.873. The van der Waals surface area contributed by atoms with Gasteiger partial charge in [0.2, 0.25) is 0 Å². The highest BCUT2D eigenvalue weighted by molar-refractivity contribution is 5.42. The molecule has 1 atom stereocenters. The van der Waals surface area contributed by atoms with Crippen LogP contribution in [0.1, 0.15) is 31.4 Å². The van der Waals surface area contributed by atoms with E-state index in [1.807, 2.05) is 13.0 Å². The van der Waals surface area contributed by atoms with E-state index in [9.17, 15) is 5.11 Å². The summed E-state index contributed by atoms with van der Waals surface area (Å²) in [5.41, 5.74) is 0.0549. The van der Waals surface area contributed by atoms with E-state index < -0.39 is 11.7 Å². The van der Waals surface area contributed by atoms with Crippen LogP contribution in [-0.2, 0) is 9.47 Å². The molecule has 0 radical (unpaired) electrons. The number of benzene rings is 1. The Morgan fingerprint density at radius 2 is 1.95 bits per heavy atom. The highest BCUT2D eigenvalue weighted by atomic mass is 16.5. The molecule has 1 saturated heterocycles. The predicted octanol–water partition coefficient (Wildman–Crippen LogP) is 2.32. The summed E-state index contributed by atoms with van der Waals surface area (Å²) in [6.45, 7) is 3.66. The van der Waals surface area contributed by atoms with Crippen molar-refractivity contribution < 1.29 is 24.1 Å². The van der Waals surface area contributed by atoms with Crippen molar-refractivity contribution in [3.63, 3.8) is 0 Å². The van der Waals surface area contributed by atoms with Crippen molar-refractivity contribution in [2.24, 2.45) is 0 Å². The third-order valence-electron chi connectivity index (χ3n) is 4.00. The van der Waals surface area contributed by atoms with Gasteiger partial charge in [0.1, 0.15) is 23.2 Å². The maximum atomic E-state index is 10.9. The van der Waals surface area contributed by atoms with E-state index in [2.05, 4.69) is 0 Å². The van der Waals surface area contributed by atoms with Crippen LogP contribution in [0.3, 0.4) is 0 Å². The first kappa shape index (κ1) is 16.1. The van der Waals surface area contributed by atoms with Gasteiger partial charge in [-0.2, -0.15) is 0 Å². The molecule has 1 aromatic carbocycles. The zero-order chi connectivity index (χ0) is 15.3. The van der Waals surface area contributed by atoms with Gasteiger partial charge in [-0.05, 0) is 25.1 Å². The number of hydrogen-bond donors (Lipinski definition) is 1. The Bertz CT molecular complexity index is 448. The Morgan fingerprint density at radius 1 is 1.24 bits per heavy atom. The fourth-order valence-corrected chi connectivity index (χ4v) is 2.84. The predicted molar refractivity (Wildman–Crippen MR) is 78.9 cm³/mol. The highest BCUT2D eigenvalue weighted by Crippen LogP contribution is 2.42. The van der Waals surface area contributed by atoms with Crippen molar-refractivity contribution >= 4 is 0 Å². The van der Waals surface area contributed by atoms with Crippen LogP contribution in [-0.4, -0.2) is 44.7 Å². The van der Waals surface area contributed by atoms with Crippen molar-refractivity contribution in [2.45, 2.75) is 31.5 Å². The fraction of sp³-hybridized carbons (Fsp3) is 0.625. The number of methoxy groups -OCH3 is 2. The standard InChI is InChI=1S/C16H24O5/c1-4-21-16(7-9-20-10-8-16)15(17)13-11-12(18-2)5-6-14(13)19-3/h5-6,11,15,17H,4,7-10H2,1-3H3. The maximum absolute atomic E-state index is 10.9. The molecule has 2 rings (SSSR count). The molecule has 0 aromatic heterocycles. The molecule has 0 bridgehead atoms. The summed E-state index contributed by atoms with van der Waals surface area (Å²) in [6.07, 6.45) is 0.525. The van der Waals surface area contributed by atoms with Gasteiger partial charge in [0, 0.05) is 38.2 Å². The van der Waals surface area contributed by atoms with Crippen molar-refractivity contribution in [3.8, 4) is 11.5 Å². The van der Waals surface area contributed by atoms with E-state index in [4.69, 9.17) is 18.9 Å². The lowest BCUT2D eigenvalue weighted by Crippen LogP contribution is -2.44. The topological polar surface area (TPSA) is 57.2 Å². The van der Waals surface area contributed by atoms with Crippen LogP contribution >= 0.6 is 0 Å². The SMILES string of the molecule is CCOC1(C(O)c2cc(OC)ccc2OC)CCOCC1. The summed E-state index contributed by atoms with van der Waals surface area (Å²) >= 11 is 0. The summed E-state index contributed by atoms with van der Waals surface area (Å²) in [5, 5.41) is 10.9. The van der Waals surface area contributed by atoms with Crippen LogP contribution in [0.25, 0.3) is 0 Å². The molecule has 1 aromatic rings. The van der Waals surface area contributed by atoms with Gasteiger partial charge >= 0.3 is 0 Å². The Morgan fingerprint density at radius 3 is 2.52 bits per heavy atom. The summed E-state index contributed by atoms with van der Waals surface area (Å²) in [7, 11) is 3.19. The van der Waals surface area contributed by atoms with Crippen LogP contribution in [0.5, 0.6) is 11.5 Å². The fourth-order valence-electron chi connectivity index (χ4n) is 2.84. The number of hydrogen-bond acceptors (Lipinski definition) is 5. The lowest BCUT2D eigenvalue weighted by Gasteiger charge is -2.41.